The molecular formula is C16H21NO5S2. The molecule has 1 heterocycles. The van der Waals surface area contributed by atoms with Crippen LogP contribution in [-0.2, 0) is 14.8 Å². The maximum absolute atomic E-state index is 12.5. The number of benzene rings is 1. The lowest BCUT2D eigenvalue weighted by atomic mass is 10.2. The number of aryl methyl sites for hydroxylation is 1. The monoisotopic (exact) mass is 371 g/mol. The summed E-state index contributed by atoms with van der Waals surface area (Å²) in [6.07, 6.45) is -0.447. The Morgan fingerprint density at radius 2 is 2.12 bits per heavy atom. The number of aliphatic hydroxyl groups excluding tert-OH is 1. The number of methoxy groups -OCH3 is 1. The number of ether oxygens (including phenoxy) is 2. The normalized spacial score (nSPS) is 13.0. The minimum atomic E-state index is -3.67. The first-order chi connectivity index (χ1) is 11.5. The number of nitrogens with one attached hydrogen (secondary N) is 1. The van der Waals surface area contributed by atoms with Crippen LogP contribution < -0.4 is 9.46 Å². The van der Waals surface area contributed by atoms with E-state index in [9.17, 15) is 8.42 Å². The number of thiophene rings is 1. The van der Waals surface area contributed by atoms with Gasteiger partial charge in [0.2, 0.25) is 10.0 Å². The molecule has 0 unspecified atom stereocenters. The van der Waals surface area contributed by atoms with E-state index in [1.165, 1.54) is 24.5 Å². The lowest BCUT2D eigenvalue weighted by Gasteiger charge is -2.18. The van der Waals surface area contributed by atoms with Gasteiger partial charge in [-0.3, -0.25) is 0 Å². The van der Waals surface area contributed by atoms with Gasteiger partial charge in [-0.1, -0.05) is 0 Å². The fourth-order valence-corrected chi connectivity index (χ4v) is 4.20. The van der Waals surface area contributed by atoms with Crippen LogP contribution in [0.2, 0.25) is 0 Å². The third-order valence-corrected chi connectivity index (χ3v) is 5.74. The van der Waals surface area contributed by atoms with Crippen molar-refractivity contribution in [1.29, 1.82) is 0 Å². The molecule has 0 radical (unpaired) electrons. The molecule has 24 heavy (non-hydrogen) atoms. The maximum atomic E-state index is 12.5. The number of aliphatic hydroxyl groups is 1. The molecular weight excluding hydrogens is 350 g/mol. The molecule has 0 saturated carbocycles. The van der Waals surface area contributed by atoms with Crippen LogP contribution in [0.15, 0.2) is 39.9 Å². The summed E-state index contributed by atoms with van der Waals surface area (Å²) in [5.41, 5.74) is 1.48. The average molecular weight is 371 g/mol. The second kappa shape index (κ2) is 8.59. The first-order valence-electron chi connectivity index (χ1n) is 7.37. The van der Waals surface area contributed by atoms with Crippen molar-refractivity contribution >= 4 is 21.4 Å². The molecule has 0 aliphatic rings. The van der Waals surface area contributed by atoms with Gasteiger partial charge in [0.25, 0.3) is 0 Å². The number of hydrogen-bond acceptors (Lipinski definition) is 6. The third kappa shape index (κ3) is 4.78. The predicted octanol–water partition coefficient (Wildman–Crippen LogP) is 2.09. The lowest BCUT2D eigenvalue weighted by molar-refractivity contribution is 0.0311. The molecule has 1 aromatic heterocycles. The highest BCUT2D eigenvalue weighted by Gasteiger charge is 2.20. The average Bonchev–Trinajstić information content (AvgIpc) is 3.08. The molecule has 2 rings (SSSR count). The number of hydrogen-bond donors (Lipinski definition) is 2. The summed E-state index contributed by atoms with van der Waals surface area (Å²) in [6, 6.07) is 6.68. The van der Waals surface area contributed by atoms with Gasteiger partial charge in [0.05, 0.1) is 31.3 Å². The Balaban J connectivity index is 2.12. The molecule has 1 aromatic carbocycles. The molecule has 0 saturated heterocycles. The minimum Gasteiger partial charge on any atom is -0.497 e. The van der Waals surface area contributed by atoms with Crippen LogP contribution in [0.4, 0.5) is 0 Å². The van der Waals surface area contributed by atoms with Gasteiger partial charge in [0.1, 0.15) is 5.75 Å². The molecule has 0 spiro atoms. The fraction of sp³-hybridized carbons (Fsp3) is 0.375. The van der Waals surface area contributed by atoms with E-state index >= 15 is 0 Å². The molecule has 2 aromatic rings. The summed E-state index contributed by atoms with van der Waals surface area (Å²) >= 11 is 1.50. The minimum absolute atomic E-state index is 0.0878. The van der Waals surface area contributed by atoms with Gasteiger partial charge in [-0.05, 0) is 53.1 Å². The van der Waals surface area contributed by atoms with E-state index < -0.39 is 16.1 Å². The zero-order valence-corrected chi connectivity index (χ0v) is 15.2. The molecule has 0 aliphatic carbocycles. The summed E-state index contributed by atoms with van der Waals surface area (Å²) in [6.45, 7) is 1.83. The predicted molar refractivity (Wildman–Crippen MR) is 93.0 cm³/mol. The van der Waals surface area contributed by atoms with Gasteiger partial charge in [-0.2, -0.15) is 11.3 Å². The van der Waals surface area contributed by atoms with Crippen molar-refractivity contribution < 1.29 is 23.0 Å². The van der Waals surface area contributed by atoms with E-state index in [1.54, 1.807) is 19.1 Å². The van der Waals surface area contributed by atoms with Gasteiger partial charge >= 0.3 is 0 Å². The number of sulfonamides is 1. The van der Waals surface area contributed by atoms with E-state index in [0.29, 0.717) is 11.3 Å². The standard InChI is InChI=1S/C16H21NO5S2/c1-12-9-14(21-2)3-4-16(12)24(19,20)17-10-15(22-7-6-18)13-5-8-23-11-13/h3-5,8-9,11,15,17-18H,6-7,10H2,1-2H3/t15-/m1/s1. The van der Waals surface area contributed by atoms with Crippen molar-refractivity contribution in [3.05, 3.63) is 46.2 Å². The molecule has 2 N–H and O–H groups in total. The van der Waals surface area contributed by atoms with Crippen LogP contribution in [0, 0.1) is 6.92 Å². The van der Waals surface area contributed by atoms with E-state index in [-0.39, 0.29) is 24.7 Å². The highest BCUT2D eigenvalue weighted by Crippen LogP contribution is 2.23. The van der Waals surface area contributed by atoms with Gasteiger partial charge < -0.3 is 14.6 Å². The van der Waals surface area contributed by atoms with E-state index in [2.05, 4.69) is 4.72 Å². The van der Waals surface area contributed by atoms with Crippen molar-refractivity contribution in [3.63, 3.8) is 0 Å². The van der Waals surface area contributed by atoms with E-state index in [4.69, 9.17) is 14.6 Å². The van der Waals surface area contributed by atoms with Crippen LogP contribution in [0.1, 0.15) is 17.2 Å². The van der Waals surface area contributed by atoms with Crippen LogP contribution in [0.3, 0.4) is 0 Å². The Morgan fingerprint density at radius 3 is 2.71 bits per heavy atom. The summed E-state index contributed by atoms with van der Waals surface area (Å²) < 4.78 is 38.3. The van der Waals surface area contributed by atoms with Crippen molar-refractivity contribution in [2.24, 2.45) is 0 Å². The smallest absolute Gasteiger partial charge is 0.240 e. The zero-order valence-electron chi connectivity index (χ0n) is 13.6. The molecule has 6 nitrogen and oxygen atoms in total. The van der Waals surface area contributed by atoms with Crippen molar-refractivity contribution in [2.75, 3.05) is 26.9 Å². The van der Waals surface area contributed by atoms with E-state index in [1.807, 2.05) is 16.8 Å². The van der Waals surface area contributed by atoms with Crippen LogP contribution in [0.5, 0.6) is 5.75 Å². The molecule has 8 heteroatoms. The van der Waals surface area contributed by atoms with Crippen LogP contribution >= 0.6 is 11.3 Å². The summed E-state index contributed by atoms with van der Waals surface area (Å²) in [4.78, 5) is 0.203. The van der Waals surface area contributed by atoms with Crippen molar-refractivity contribution in [1.82, 2.24) is 4.72 Å². The molecule has 0 amide bonds. The van der Waals surface area contributed by atoms with Crippen LogP contribution in [-0.4, -0.2) is 40.4 Å². The van der Waals surface area contributed by atoms with Gasteiger partial charge in [-0.15, -0.1) is 0 Å². The Kier molecular flexibility index (Phi) is 6.76. The first kappa shape index (κ1) is 18.9. The molecule has 132 valence electrons. The van der Waals surface area contributed by atoms with Gasteiger partial charge in [0, 0.05) is 6.54 Å². The summed E-state index contributed by atoms with van der Waals surface area (Å²) in [7, 11) is -2.14. The second-order valence-electron chi connectivity index (χ2n) is 5.12. The van der Waals surface area contributed by atoms with Gasteiger partial charge in [-0.25, -0.2) is 13.1 Å². The second-order valence-corrected chi connectivity index (χ2v) is 7.64. The molecule has 0 aliphatic heterocycles. The SMILES string of the molecule is COc1ccc(S(=O)(=O)NC[C@@H](OCCO)c2ccsc2)c(C)c1. The summed E-state index contributed by atoms with van der Waals surface area (Å²) in [5, 5.41) is 12.7. The highest BCUT2D eigenvalue weighted by atomic mass is 32.2. The lowest BCUT2D eigenvalue weighted by Crippen LogP contribution is -2.30. The summed E-state index contributed by atoms with van der Waals surface area (Å²) in [5.74, 6) is 0.605. The molecule has 0 fully saturated rings. The van der Waals surface area contributed by atoms with E-state index in [0.717, 1.165) is 5.56 Å². The Morgan fingerprint density at radius 1 is 1.33 bits per heavy atom. The Bertz CT molecular complexity index is 744. The first-order valence-corrected chi connectivity index (χ1v) is 9.79. The largest absolute Gasteiger partial charge is 0.497 e. The zero-order chi connectivity index (χ0) is 17.6. The molecule has 1 atom stereocenters. The highest BCUT2D eigenvalue weighted by molar-refractivity contribution is 7.89. The third-order valence-electron chi connectivity index (χ3n) is 3.46. The quantitative estimate of drug-likeness (QED) is 0.705. The van der Waals surface area contributed by atoms with Gasteiger partial charge in [0.15, 0.2) is 0 Å². The van der Waals surface area contributed by atoms with Crippen molar-refractivity contribution in [3.8, 4) is 5.75 Å². The fourth-order valence-electron chi connectivity index (χ4n) is 2.24. The maximum Gasteiger partial charge on any atom is 0.240 e. The number of rotatable bonds is 9. The Hall–Kier alpha value is -1.45. The molecule has 0 bridgehead atoms. The Labute approximate surface area is 146 Å². The van der Waals surface area contributed by atoms with Crippen molar-refractivity contribution in [2.45, 2.75) is 17.9 Å². The van der Waals surface area contributed by atoms with Crippen LogP contribution in [0.25, 0.3) is 0 Å². The topological polar surface area (TPSA) is 84.9 Å².